The minimum Gasteiger partial charge on any atom is -0.493 e. The molecule has 2 atom stereocenters. The summed E-state index contributed by atoms with van der Waals surface area (Å²) in [5.41, 5.74) is 1.22. The molecule has 1 N–H and O–H groups in total. The molecule has 0 fully saturated rings. The molecule has 0 heterocycles. The summed E-state index contributed by atoms with van der Waals surface area (Å²) in [6.07, 6.45) is 3.26. The van der Waals surface area contributed by atoms with Crippen LogP contribution in [-0.2, 0) is 4.74 Å². The Morgan fingerprint density at radius 2 is 1.76 bits per heavy atom. The highest BCUT2D eigenvalue weighted by Crippen LogP contribution is 2.31. The summed E-state index contributed by atoms with van der Waals surface area (Å²) < 4.78 is 16.0. The maximum Gasteiger partial charge on any atom is 0.161 e. The SMILES string of the molecule is CCCC(COC)NC(CC)c1ccc(OC)c(OC)c1. The van der Waals surface area contributed by atoms with Crippen LogP contribution in [0.2, 0.25) is 0 Å². The van der Waals surface area contributed by atoms with Gasteiger partial charge in [-0.1, -0.05) is 26.3 Å². The molecule has 0 aliphatic rings. The van der Waals surface area contributed by atoms with Crippen molar-refractivity contribution in [2.24, 2.45) is 0 Å². The van der Waals surface area contributed by atoms with Gasteiger partial charge in [0.25, 0.3) is 0 Å². The molecule has 0 saturated heterocycles. The third-order valence-electron chi connectivity index (χ3n) is 3.66. The van der Waals surface area contributed by atoms with Gasteiger partial charge in [-0.05, 0) is 30.5 Å². The zero-order valence-electron chi connectivity index (χ0n) is 13.9. The zero-order valence-corrected chi connectivity index (χ0v) is 13.9. The average molecular weight is 295 g/mol. The highest BCUT2D eigenvalue weighted by molar-refractivity contribution is 5.43. The van der Waals surface area contributed by atoms with Gasteiger partial charge in [-0.15, -0.1) is 0 Å². The lowest BCUT2D eigenvalue weighted by molar-refractivity contribution is 0.155. The third kappa shape index (κ3) is 5.21. The molecule has 0 saturated carbocycles. The first-order chi connectivity index (χ1) is 10.2. The standard InChI is InChI=1S/C17H29NO3/c1-6-8-14(12-19-3)18-15(7-2)13-9-10-16(20-4)17(11-13)21-5/h9-11,14-15,18H,6-8,12H2,1-5H3. The van der Waals surface area contributed by atoms with E-state index in [2.05, 4.69) is 31.3 Å². The molecule has 4 heteroatoms. The predicted octanol–water partition coefficient (Wildman–Crippen LogP) is 3.56. The number of ether oxygens (including phenoxy) is 3. The summed E-state index contributed by atoms with van der Waals surface area (Å²) in [4.78, 5) is 0. The molecule has 0 radical (unpaired) electrons. The summed E-state index contributed by atoms with van der Waals surface area (Å²) in [5.74, 6) is 1.53. The maximum atomic E-state index is 5.39. The van der Waals surface area contributed by atoms with Crippen molar-refractivity contribution in [1.29, 1.82) is 0 Å². The second-order valence-corrected chi connectivity index (χ2v) is 5.18. The van der Waals surface area contributed by atoms with Crippen molar-refractivity contribution in [3.8, 4) is 11.5 Å². The minimum atomic E-state index is 0.288. The van der Waals surface area contributed by atoms with Crippen LogP contribution in [0, 0.1) is 0 Å². The lowest BCUT2D eigenvalue weighted by Gasteiger charge is -2.25. The normalized spacial score (nSPS) is 13.8. The van der Waals surface area contributed by atoms with Crippen molar-refractivity contribution >= 4 is 0 Å². The van der Waals surface area contributed by atoms with Gasteiger partial charge in [0, 0.05) is 19.2 Å². The maximum absolute atomic E-state index is 5.39. The number of hydrogen-bond donors (Lipinski definition) is 1. The molecule has 0 bridgehead atoms. The van der Waals surface area contributed by atoms with E-state index in [9.17, 15) is 0 Å². The van der Waals surface area contributed by atoms with Crippen LogP contribution in [-0.4, -0.2) is 34.0 Å². The number of benzene rings is 1. The van der Waals surface area contributed by atoms with E-state index in [1.54, 1.807) is 21.3 Å². The van der Waals surface area contributed by atoms with Crippen molar-refractivity contribution in [3.63, 3.8) is 0 Å². The fourth-order valence-electron chi connectivity index (χ4n) is 2.57. The second-order valence-electron chi connectivity index (χ2n) is 5.18. The van der Waals surface area contributed by atoms with Gasteiger partial charge in [0.05, 0.1) is 20.8 Å². The summed E-state index contributed by atoms with van der Waals surface area (Å²) >= 11 is 0. The third-order valence-corrected chi connectivity index (χ3v) is 3.66. The van der Waals surface area contributed by atoms with E-state index in [0.29, 0.717) is 6.04 Å². The van der Waals surface area contributed by atoms with E-state index >= 15 is 0 Å². The Bertz CT molecular complexity index is 403. The number of nitrogens with one attached hydrogen (secondary N) is 1. The molecule has 0 aliphatic carbocycles. The Morgan fingerprint density at radius 3 is 2.29 bits per heavy atom. The van der Waals surface area contributed by atoms with Crippen LogP contribution in [0.15, 0.2) is 18.2 Å². The van der Waals surface area contributed by atoms with Crippen LogP contribution in [0.3, 0.4) is 0 Å². The molecule has 2 unspecified atom stereocenters. The predicted molar refractivity (Wildman–Crippen MR) is 86.3 cm³/mol. The van der Waals surface area contributed by atoms with E-state index in [-0.39, 0.29) is 6.04 Å². The van der Waals surface area contributed by atoms with Crippen LogP contribution in [0.25, 0.3) is 0 Å². The fourth-order valence-corrected chi connectivity index (χ4v) is 2.57. The molecule has 0 aliphatic heterocycles. The highest BCUT2D eigenvalue weighted by atomic mass is 16.5. The number of rotatable bonds is 10. The van der Waals surface area contributed by atoms with Crippen LogP contribution in [0.5, 0.6) is 11.5 Å². The molecule has 1 aromatic rings. The first kappa shape index (κ1) is 17.8. The molecule has 1 rings (SSSR count). The molecule has 0 amide bonds. The Balaban J connectivity index is 2.87. The molecule has 0 aromatic heterocycles. The van der Waals surface area contributed by atoms with Gasteiger partial charge in [0.1, 0.15) is 0 Å². The highest BCUT2D eigenvalue weighted by Gasteiger charge is 2.17. The van der Waals surface area contributed by atoms with Gasteiger partial charge in [-0.2, -0.15) is 0 Å². The van der Waals surface area contributed by atoms with Crippen LogP contribution in [0.4, 0.5) is 0 Å². The van der Waals surface area contributed by atoms with Gasteiger partial charge in [-0.3, -0.25) is 0 Å². The van der Waals surface area contributed by atoms with Crippen molar-refractivity contribution in [2.45, 2.75) is 45.2 Å². The van der Waals surface area contributed by atoms with Crippen molar-refractivity contribution in [3.05, 3.63) is 23.8 Å². The molecule has 120 valence electrons. The summed E-state index contributed by atoms with van der Waals surface area (Å²) in [5, 5.41) is 3.69. The van der Waals surface area contributed by atoms with Crippen molar-refractivity contribution in [2.75, 3.05) is 27.9 Å². The Kier molecular flexibility index (Phi) is 8.16. The Labute approximate surface area is 128 Å². The van der Waals surface area contributed by atoms with E-state index in [1.807, 2.05) is 6.07 Å². The summed E-state index contributed by atoms with van der Waals surface area (Å²) in [7, 11) is 5.07. The van der Waals surface area contributed by atoms with Gasteiger partial charge < -0.3 is 19.5 Å². The molecule has 1 aromatic carbocycles. The summed E-state index contributed by atoms with van der Waals surface area (Å²) in [6, 6.07) is 6.77. The smallest absolute Gasteiger partial charge is 0.161 e. The van der Waals surface area contributed by atoms with Crippen molar-refractivity contribution < 1.29 is 14.2 Å². The van der Waals surface area contributed by atoms with Gasteiger partial charge in [0.2, 0.25) is 0 Å². The average Bonchev–Trinajstić information content (AvgIpc) is 2.52. The Morgan fingerprint density at radius 1 is 1.05 bits per heavy atom. The van der Waals surface area contributed by atoms with Crippen LogP contribution >= 0.6 is 0 Å². The first-order valence-electron chi connectivity index (χ1n) is 7.66. The molecular weight excluding hydrogens is 266 g/mol. The van der Waals surface area contributed by atoms with Gasteiger partial charge >= 0.3 is 0 Å². The quantitative estimate of drug-likeness (QED) is 0.716. The van der Waals surface area contributed by atoms with E-state index in [0.717, 1.165) is 37.4 Å². The Hall–Kier alpha value is -1.26. The number of methoxy groups -OCH3 is 3. The van der Waals surface area contributed by atoms with E-state index < -0.39 is 0 Å². The molecule has 0 spiro atoms. The van der Waals surface area contributed by atoms with Crippen LogP contribution < -0.4 is 14.8 Å². The molecular formula is C17H29NO3. The molecule has 21 heavy (non-hydrogen) atoms. The second kappa shape index (κ2) is 9.64. The largest absolute Gasteiger partial charge is 0.493 e. The topological polar surface area (TPSA) is 39.7 Å². The van der Waals surface area contributed by atoms with E-state index in [1.165, 1.54) is 5.56 Å². The summed E-state index contributed by atoms with van der Waals surface area (Å²) in [6.45, 7) is 5.11. The zero-order chi connectivity index (χ0) is 15.7. The minimum absolute atomic E-state index is 0.288. The first-order valence-corrected chi connectivity index (χ1v) is 7.66. The molecule has 4 nitrogen and oxygen atoms in total. The number of hydrogen-bond acceptors (Lipinski definition) is 4. The monoisotopic (exact) mass is 295 g/mol. The van der Waals surface area contributed by atoms with Crippen molar-refractivity contribution in [1.82, 2.24) is 5.32 Å². The van der Waals surface area contributed by atoms with Gasteiger partial charge in [0.15, 0.2) is 11.5 Å². The van der Waals surface area contributed by atoms with Gasteiger partial charge in [-0.25, -0.2) is 0 Å². The van der Waals surface area contributed by atoms with Crippen LogP contribution in [0.1, 0.15) is 44.7 Å². The lowest BCUT2D eigenvalue weighted by atomic mass is 10.0. The fraction of sp³-hybridized carbons (Fsp3) is 0.647. The van der Waals surface area contributed by atoms with E-state index in [4.69, 9.17) is 14.2 Å². The lowest BCUT2D eigenvalue weighted by Crippen LogP contribution is -2.36.